The number of allylic oxidation sites excluding steroid dienone is 1. The number of fused-ring (bicyclic) bond motifs is 5. The zero-order chi connectivity index (χ0) is 42.1. The van der Waals surface area contributed by atoms with Crippen LogP contribution in [0.15, 0.2) is 30.4 Å². The number of nitrogens with one attached hydrogen (secondary N) is 2. The summed E-state index contributed by atoms with van der Waals surface area (Å²) in [6.45, 7) is 4.73. The predicted molar refractivity (Wildman–Crippen MR) is 205 cm³/mol. The first-order chi connectivity index (χ1) is 27.1. The van der Waals surface area contributed by atoms with Crippen LogP contribution in [0, 0.1) is 18.8 Å². The molecular weight excluding hydrogens is 782 g/mol. The van der Waals surface area contributed by atoms with E-state index >= 15 is 0 Å². The Kier molecular flexibility index (Phi) is 10.6. The minimum atomic E-state index is -4.86. The number of halogens is 3. The second kappa shape index (κ2) is 14.7. The van der Waals surface area contributed by atoms with Gasteiger partial charge in [-0.05, 0) is 97.3 Å². The number of aryl methyl sites for hydroxylation is 2. The summed E-state index contributed by atoms with van der Waals surface area (Å²) in [5.41, 5.74) is -3.32. The van der Waals surface area contributed by atoms with Gasteiger partial charge in [-0.3, -0.25) is 23.9 Å². The fourth-order valence-electron chi connectivity index (χ4n) is 8.51. The molecule has 316 valence electrons. The van der Waals surface area contributed by atoms with Crippen LogP contribution in [-0.2, 0) is 40.4 Å². The number of aromatic nitrogens is 1. The first-order valence-corrected chi connectivity index (χ1v) is 21.4. The van der Waals surface area contributed by atoms with Gasteiger partial charge in [-0.25, -0.2) is 13.4 Å². The quantitative estimate of drug-likeness (QED) is 0.268. The molecule has 3 fully saturated rings. The third-order valence-electron chi connectivity index (χ3n) is 12.8. The molecule has 7 rings (SSSR count). The van der Waals surface area contributed by atoms with Crippen molar-refractivity contribution >= 4 is 44.6 Å². The highest BCUT2D eigenvalue weighted by Gasteiger charge is 2.64. The predicted octanol–water partition coefficient (Wildman–Crippen LogP) is 5.50. The van der Waals surface area contributed by atoms with Crippen molar-refractivity contribution in [3.8, 4) is 11.5 Å². The lowest BCUT2D eigenvalue weighted by Gasteiger charge is -2.36. The molecule has 0 radical (unpaired) electrons. The summed E-state index contributed by atoms with van der Waals surface area (Å²) in [6.07, 6.45) is 2.42. The van der Waals surface area contributed by atoms with Crippen molar-refractivity contribution in [1.29, 1.82) is 0 Å². The Morgan fingerprint density at radius 3 is 2.53 bits per heavy atom. The van der Waals surface area contributed by atoms with Gasteiger partial charge in [0.1, 0.15) is 28.7 Å². The number of benzene rings is 1. The maximum absolute atomic E-state index is 14.8. The number of pyridine rings is 1. The Morgan fingerprint density at radius 2 is 1.84 bits per heavy atom. The Hall–Kier alpha value is -4.41. The lowest BCUT2D eigenvalue weighted by Crippen LogP contribution is -2.57. The summed E-state index contributed by atoms with van der Waals surface area (Å²) in [5.74, 6) is -3.93. The van der Waals surface area contributed by atoms with E-state index in [2.05, 4.69) is 10.0 Å². The summed E-state index contributed by atoms with van der Waals surface area (Å²) in [5, 5.41) is 3.68. The van der Waals surface area contributed by atoms with Crippen molar-refractivity contribution in [1.82, 2.24) is 19.9 Å². The molecule has 2 aromatic rings. The molecule has 0 unspecified atom stereocenters. The van der Waals surface area contributed by atoms with Crippen LogP contribution < -0.4 is 19.5 Å². The van der Waals surface area contributed by atoms with Crippen LogP contribution in [0.2, 0.25) is 0 Å². The number of amides is 3. The van der Waals surface area contributed by atoms with Gasteiger partial charge in [0.2, 0.25) is 27.4 Å². The van der Waals surface area contributed by atoms with E-state index in [9.17, 15) is 40.8 Å². The van der Waals surface area contributed by atoms with Crippen LogP contribution in [-0.4, -0.2) is 89.4 Å². The first-order valence-electron chi connectivity index (χ1n) is 19.9. The third-order valence-corrected chi connectivity index (χ3v) is 14.9. The average molecular weight is 833 g/mol. The molecule has 13 nitrogen and oxygen atoms in total. The van der Waals surface area contributed by atoms with Crippen molar-refractivity contribution < 1.29 is 55.0 Å². The van der Waals surface area contributed by atoms with Gasteiger partial charge in [-0.1, -0.05) is 25.0 Å². The lowest BCUT2D eigenvalue weighted by molar-refractivity contribution is -0.257. The number of hydrogen-bond acceptors (Lipinski definition) is 10. The van der Waals surface area contributed by atoms with Gasteiger partial charge in [0, 0.05) is 29.2 Å². The van der Waals surface area contributed by atoms with Crippen LogP contribution in [0.1, 0.15) is 103 Å². The molecule has 17 heteroatoms. The largest absolute Gasteiger partial charge is 0.497 e. The maximum atomic E-state index is 14.8. The van der Waals surface area contributed by atoms with Crippen LogP contribution in [0.4, 0.5) is 13.2 Å². The zero-order valence-corrected chi connectivity index (χ0v) is 34.2. The molecule has 1 aromatic heterocycles. The third kappa shape index (κ3) is 7.74. The molecular formula is C41H51F3N4O9S. The van der Waals surface area contributed by atoms with E-state index < -0.39 is 85.7 Å². The number of alkyl halides is 3. The van der Waals surface area contributed by atoms with Gasteiger partial charge in [-0.15, -0.1) is 0 Å². The van der Waals surface area contributed by atoms with E-state index in [1.54, 1.807) is 21.0 Å². The Morgan fingerprint density at radius 1 is 1.10 bits per heavy atom. The van der Waals surface area contributed by atoms with Crippen LogP contribution in [0.5, 0.6) is 11.5 Å². The minimum absolute atomic E-state index is 0.0214. The van der Waals surface area contributed by atoms with Crippen molar-refractivity contribution in [2.75, 3.05) is 13.7 Å². The first kappa shape index (κ1) is 41.7. The van der Waals surface area contributed by atoms with E-state index in [-0.39, 0.29) is 25.8 Å². The molecule has 3 amide bonds. The molecule has 5 aliphatic rings. The Bertz CT molecular complexity index is 2170. The second-order valence-electron chi connectivity index (χ2n) is 17.5. The Labute approximate surface area is 335 Å². The number of hydrogen-bond donors (Lipinski definition) is 2. The number of methoxy groups -OCH3 is 1. The average Bonchev–Trinajstić information content (AvgIpc) is 4.04. The number of esters is 1. The van der Waals surface area contributed by atoms with Crippen LogP contribution >= 0.6 is 0 Å². The molecule has 5 atom stereocenters. The second-order valence-corrected chi connectivity index (χ2v) is 19.7. The van der Waals surface area contributed by atoms with E-state index in [4.69, 9.17) is 19.2 Å². The fraction of sp³-hybridized carbons (Fsp3) is 0.634. The van der Waals surface area contributed by atoms with Gasteiger partial charge < -0.3 is 24.4 Å². The van der Waals surface area contributed by atoms with Crippen LogP contribution in [0.3, 0.4) is 0 Å². The number of sulfonamides is 1. The molecule has 3 aliphatic heterocycles. The molecule has 58 heavy (non-hydrogen) atoms. The number of ether oxygens (including phenoxy) is 3. The summed E-state index contributed by atoms with van der Waals surface area (Å²) in [6, 6.07) is 4.29. The summed E-state index contributed by atoms with van der Waals surface area (Å²) < 4.78 is 85.9. The zero-order valence-electron chi connectivity index (χ0n) is 33.4. The summed E-state index contributed by atoms with van der Waals surface area (Å²) >= 11 is 0. The summed E-state index contributed by atoms with van der Waals surface area (Å²) in [7, 11) is -2.50. The van der Waals surface area contributed by atoms with Crippen molar-refractivity contribution in [2.45, 2.75) is 138 Å². The molecule has 2 aliphatic carbocycles. The minimum Gasteiger partial charge on any atom is -0.497 e. The number of nitrogens with zero attached hydrogens (tertiary/aromatic N) is 2. The molecule has 0 bridgehead atoms. The van der Waals surface area contributed by atoms with Gasteiger partial charge in [0.05, 0.1) is 36.0 Å². The highest BCUT2D eigenvalue weighted by Crippen LogP contribution is 2.49. The molecule has 4 heterocycles. The highest BCUT2D eigenvalue weighted by atomic mass is 32.2. The van der Waals surface area contributed by atoms with Gasteiger partial charge in [0.15, 0.2) is 0 Å². The highest BCUT2D eigenvalue weighted by molar-refractivity contribution is 7.91. The monoisotopic (exact) mass is 832 g/mol. The van der Waals surface area contributed by atoms with E-state index in [1.165, 1.54) is 4.90 Å². The molecule has 1 spiro atoms. The fourth-order valence-corrected chi connectivity index (χ4v) is 9.83. The van der Waals surface area contributed by atoms with Gasteiger partial charge in [0.25, 0.3) is 5.91 Å². The van der Waals surface area contributed by atoms with Crippen molar-refractivity contribution in [3.63, 3.8) is 0 Å². The van der Waals surface area contributed by atoms with E-state index in [1.807, 2.05) is 30.4 Å². The maximum Gasteiger partial charge on any atom is 0.427 e. The van der Waals surface area contributed by atoms with Crippen molar-refractivity contribution in [3.05, 3.63) is 41.6 Å². The topological polar surface area (TPSA) is 170 Å². The van der Waals surface area contributed by atoms with Crippen molar-refractivity contribution in [2.24, 2.45) is 11.8 Å². The summed E-state index contributed by atoms with van der Waals surface area (Å²) in [4.78, 5) is 62.6. The normalized spacial score (nSPS) is 29.1. The number of carbonyl (C=O) groups excluding carboxylic acids is 4. The van der Waals surface area contributed by atoms with E-state index in [0.717, 1.165) is 30.3 Å². The van der Waals surface area contributed by atoms with Gasteiger partial charge >= 0.3 is 12.1 Å². The number of carbonyl (C=O) groups is 4. The molecule has 2 saturated carbocycles. The molecule has 1 aromatic carbocycles. The number of rotatable bonds is 7. The smallest absolute Gasteiger partial charge is 0.427 e. The standard InChI is InChI=1S/C41H51F3N4O9S/c1-24-33-28(29-20-27(55-5)13-14-30(29)45-24)15-16-39(57-33)22-31-34(50)46-40(36(52)47-58(53,54)38(4)17-18-38)21-26(40)12-10-8-6-7-9-11-25(35(51)48(31)23-39)19-32(49)56-37(2,3)41(42,43)44/h10,12-14,20,25-26,31H,6-9,11,15-19,21-23H2,1-5H3,(H,46,50)(H,47,52)/b12-10-/t25-,26-,31+,39-,40-/m1/s1. The van der Waals surface area contributed by atoms with Gasteiger partial charge in [-0.2, -0.15) is 13.2 Å². The lowest BCUT2D eigenvalue weighted by atomic mass is 9.87. The molecule has 2 N–H and O–H groups in total. The SMILES string of the molecule is COc1ccc2nc(C)c3c(c2c1)CC[C@]1(C[C@H]2C(=O)N[C@]4(C(=O)NS(=O)(=O)C5(C)CC5)C[C@H]4/C=C\CCCCC[C@H](CC(=O)OC(C)(C)C(F)(F)F)C(=O)N2C1)O3. The Balaban J connectivity index is 1.24. The molecule has 1 saturated heterocycles. The van der Waals surface area contributed by atoms with E-state index in [0.29, 0.717) is 68.6 Å². The van der Waals surface area contributed by atoms with Crippen LogP contribution in [0.25, 0.3) is 10.9 Å².